The number of hydrogen-bond donors (Lipinski definition) is 1. The van der Waals surface area contributed by atoms with Gasteiger partial charge in [0.05, 0.1) is 0 Å². The Balaban J connectivity index is 1.92. The third kappa shape index (κ3) is 2.93. The highest BCUT2D eigenvalue weighted by Gasteiger charge is 2.24. The fourth-order valence-corrected chi connectivity index (χ4v) is 2.49. The standard InChI is InChI=1S/C13H20N8/c1-3-10-5-6-20(7-10)12-17-11(15-4-2)18-13(19-12)21-9-14-8-16-21/h8-10H,3-7H2,1-2H3,(H,15,17,18,19). The van der Waals surface area contributed by atoms with Crippen LogP contribution >= 0.6 is 0 Å². The van der Waals surface area contributed by atoms with Crippen molar-refractivity contribution < 1.29 is 0 Å². The number of hydrogen-bond acceptors (Lipinski definition) is 7. The van der Waals surface area contributed by atoms with E-state index in [4.69, 9.17) is 0 Å². The molecular formula is C13H20N8. The highest BCUT2D eigenvalue weighted by Crippen LogP contribution is 2.23. The van der Waals surface area contributed by atoms with Gasteiger partial charge in [0, 0.05) is 19.6 Å². The van der Waals surface area contributed by atoms with E-state index in [1.165, 1.54) is 19.2 Å². The maximum Gasteiger partial charge on any atom is 0.258 e. The number of nitrogens with zero attached hydrogens (tertiary/aromatic N) is 7. The highest BCUT2D eigenvalue weighted by atomic mass is 15.4. The molecule has 1 saturated heterocycles. The lowest BCUT2D eigenvalue weighted by atomic mass is 10.1. The van der Waals surface area contributed by atoms with Crippen molar-refractivity contribution in [1.29, 1.82) is 0 Å². The number of anilines is 2. The van der Waals surface area contributed by atoms with Crippen molar-refractivity contribution in [3.8, 4) is 5.95 Å². The Morgan fingerprint density at radius 2 is 2.10 bits per heavy atom. The summed E-state index contributed by atoms with van der Waals surface area (Å²) in [5.41, 5.74) is 0. The molecule has 0 amide bonds. The second kappa shape index (κ2) is 6.02. The van der Waals surface area contributed by atoms with Gasteiger partial charge >= 0.3 is 0 Å². The van der Waals surface area contributed by atoms with Crippen LogP contribution in [0.15, 0.2) is 12.7 Å². The average Bonchev–Trinajstić information content (AvgIpc) is 3.19. The van der Waals surface area contributed by atoms with E-state index < -0.39 is 0 Å². The molecule has 1 aliphatic heterocycles. The molecule has 1 aliphatic rings. The summed E-state index contributed by atoms with van der Waals surface area (Å²) in [4.78, 5) is 19.6. The van der Waals surface area contributed by atoms with Crippen LogP contribution in [0.25, 0.3) is 5.95 Å². The molecule has 3 rings (SSSR count). The van der Waals surface area contributed by atoms with Gasteiger partial charge in [-0.05, 0) is 19.3 Å². The number of aromatic nitrogens is 6. The van der Waals surface area contributed by atoms with Crippen LogP contribution in [-0.4, -0.2) is 49.4 Å². The molecule has 0 bridgehead atoms. The van der Waals surface area contributed by atoms with Crippen LogP contribution in [0.5, 0.6) is 0 Å². The van der Waals surface area contributed by atoms with Crippen LogP contribution in [0.3, 0.4) is 0 Å². The van der Waals surface area contributed by atoms with Gasteiger partial charge in [-0.1, -0.05) is 13.3 Å². The lowest BCUT2D eigenvalue weighted by Crippen LogP contribution is -2.24. The number of rotatable bonds is 5. The maximum atomic E-state index is 4.53. The fourth-order valence-electron chi connectivity index (χ4n) is 2.49. The summed E-state index contributed by atoms with van der Waals surface area (Å²) in [5, 5.41) is 7.24. The van der Waals surface area contributed by atoms with Crippen molar-refractivity contribution in [2.75, 3.05) is 29.9 Å². The Morgan fingerprint density at radius 1 is 1.24 bits per heavy atom. The molecule has 3 heterocycles. The van der Waals surface area contributed by atoms with Crippen molar-refractivity contribution in [3.05, 3.63) is 12.7 Å². The van der Waals surface area contributed by atoms with Gasteiger partial charge in [0.15, 0.2) is 0 Å². The Hall–Kier alpha value is -2.25. The average molecular weight is 288 g/mol. The lowest BCUT2D eigenvalue weighted by Gasteiger charge is -2.17. The minimum atomic E-state index is 0.494. The Labute approximate surface area is 123 Å². The zero-order valence-electron chi connectivity index (χ0n) is 12.4. The normalized spacial score (nSPS) is 18.2. The summed E-state index contributed by atoms with van der Waals surface area (Å²) in [6, 6.07) is 0. The lowest BCUT2D eigenvalue weighted by molar-refractivity contribution is 0.568. The Morgan fingerprint density at radius 3 is 2.76 bits per heavy atom. The largest absolute Gasteiger partial charge is 0.354 e. The van der Waals surface area contributed by atoms with Crippen LogP contribution in [0.4, 0.5) is 11.9 Å². The van der Waals surface area contributed by atoms with Crippen molar-refractivity contribution in [3.63, 3.8) is 0 Å². The first-order valence-corrected chi connectivity index (χ1v) is 7.40. The third-order valence-electron chi connectivity index (χ3n) is 3.72. The molecule has 2 aromatic heterocycles. The first-order chi connectivity index (χ1) is 10.3. The van der Waals surface area contributed by atoms with E-state index >= 15 is 0 Å². The van der Waals surface area contributed by atoms with Crippen LogP contribution in [-0.2, 0) is 0 Å². The van der Waals surface area contributed by atoms with Crippen LogP contribution in [0.1, 0.15) is 26.7 Å². The van der Waals surface area contributed by atoms with Crippen molar-refractivity contribution in [1.82, 2.24) is 29.7 Å². The Bertz CT molecular complexity index is 582. The van der Waals surface area contributed by atoms with Gasteiger partial charge in [-0.15, -0.1) is 0 Å². The van der Waals surface area contributed by atoms with Gasteiger partial charge in [0.25, 0.3) is 5.95 Å². The summed E-state index contributed by atoms with van der Waals surface area (Å²) in [5.74, 6) is 2.50. The van der Waals surface area contributed by atoms with Gasteiger partial charge < -0.3 is 10.2 Å². The van der Waals surface area contributed by atoms with Crippen LogP contribution in [0.2, 0.25) is 0 Å². The Kier molecular flexibility index (Phi) is 3.94. The van der Waals surface area contributed by atoms with E-state index in [1.54, 1.807) is 11.0 Å². The van der Waals surface area contributed by atoms with E-state index in [9.17, 15) is 0 Å². The predicted octanol–water partition coefficient (Wildman–Crippen LogP) is 1.12. The maximum absolute atomic E-state index is 4.53. The summed E-state index contributed by atoms with van der Waals surface area (Å²) in [6.45, 7) is 7.00. The SMILES string of the molecule is CCNc1nc(N2CCC(CC)C2)nc(-n2cncn2)n1. The fraction of sp³-hybridized carbons (Fsp3) is 0.615. The smallest absolute Gasteiger partial charge is 0.258 e. The molecule has 112 valence electrons. The summed E-state index contributed by atoms with van der Waals surface area (Å²) >= 11 is 0. The first-order valence-electron chi connectivity index (χ1n) is 7.40. The molecule has 1 unspecified atom stereocenters. The third-order valence-corrected chi connectivity index (χ3v) is 3.72. The van der Waals surface area contributed by atoms with E-state index in [2.05, 4.69) is 42.2 Å². The zero-order chi connectivity index (χ0) is 14.7. The molecule has 0 spiro atoms. The zero-order valence-corrected chi connectivity index (χ0v) is 12.4. The van der Waals surface area contributed by atoms with E-state index in [0.29, 0.717) is 17.8 Å². The summed E-state index contributed by atoms with van der Waals surface area (Å²) in [7, 11) is 0. The second-order valence-electron chi connectivity index (χ2n) is 5.14. The minimum Gasteiger partial charge on any atom is -0.354 e. The molecule has 1 fully saturated rings. The molecule has 2 aromatic rings. The highest BCUT2D eigenvalue weighted by molar-refractivity contribution is 5.40. The van der Waals surface area contributed by atoms with Gasteiger partial charge in [-0.25, -0.2) is 4.98 Å². The van der Waals surface area contributed by atoms with E-state index in [0.717, 1.165) is 25.6 Å². The molecule has 8 nitrogen and oxygen atoms in total. The first kappa shape index (κ1) is 13.7. The van der Waals surface area contributed by atoms with Gasteiger partial charge in [-0.2, -0.15) is 24.7 Å². The monoisotopic (exact) mass is 288 g/mol. The topological polar surface area (TPSA) is 84.7 Å². The predicted molar refractivity (Wildman–Crippen MR) is 79.5 cm³/mol. The molecule has 0 radical (unpaired) electrons. The van der Waals surface area contributed by atoms with Crippen LogP contribution in [0, 0.1) is 5.92 Å². The summed E-state index contributed by atoms with van der Waals surface area (Å²) < 4.78 is 1.55. The van der Waals surface area contributed by atoms with Gasteiger partial charge in [0.1, 0.15) is 12.7 Å². The van der Waals surface area contributed by atoms with Crippen molar-refractivity contribution in [2.45, 2.75) is 26.7 Å². The van der Waals surface area contributed by atoms with Crippen molar-refractivity contribution >= 4 is 11.9 Å². The molecule has 8 heteroatoms. The molecule has 21 heavy (non-hydrogen) atoms. The second-order valence-corrected chi connectivity index (χ2v) is 5.14. The molecule has 0 aromatic carbocycles. The molecular weight excluding hydrogens is 268 g/mol. The molecule has 1 atom stereocenters. The summed E-state index contributed by atoms with van der Waals surface area (Å²) in [6.07, 6.45) is 5.45. The minimum absolute atomic E-state index is 0.494. The quantitative estimate of drug-likeness (QED) is 0.882. The van der Waals surface area contributed by atoms with Crippen LogP contribution < -0.4 is 10.2 Å². The molecule has 0 saturated carbocycles. The van der Waals surface area contributed by atoms with Crippen molar-refractivity contribution in [2.24, 2.45) is 5.92 Å². The van der Waals surface area contributed by atoms with Gasteiger partial charge in [-0.3, -0.25) is 0 Å². The van der Waals surface area contributed by atoms with Gasteiger partial charge in [0.2, 0.25) is 11.9 Å². The van der Waals surface area contributed by atoms with E-state index in [1.807, 2.05) is 6.92 Å². The molecule has 1 N–H and O–H groups in total. The molecule has 0 aliphatic carbocycles. The number of nitrogens with one attached hydrogen (secondary N) is 1. The van der Waals surface area contributed by atoms with E-state index in [-0.39, 0.29) is 0 Å².